The van der Waals surface area contributed by atoms with Crippen LogP contribution >= 0.6 is 22.9 Å². The summed E-state index contributed by atoms with van der Waals surface area (Å²) in [6, 6.07) is 15.1. The fourth-order valence-corrected chi connectivity index (χ4v) is 5.15. The molecule has 10 nitrogen and oxygen atoms in total. The molecule has 38 heavy (non-hydrogen) atoms. The van der Waals surface area contributed by atoms with Gasteiger partial charge in [0.25, 0.3) is 10.1 Å². The predicted octanol–water partition coefficient (Wildman–Crippen LogP) is 4.93. The topological polar surface area (TPSA) is 124 Å². The molecule has 0 spiro atoms. The molecular formula is C25H22ClN5O5S2. The van der Waals surface area contributed by atoms with E-state index in [1.807, 2.05) is 52.5 Å². The Morgan fingerprint density at radius 2 is 2.00 bits per heavy atom. The first-order valence-electron chi connectivity index (χ1n) is 11.4. The first-order chi connectivity index (χ1) is 18.3. The molecule has 0 unspecified atom stereocenters. The molecule has 0 saturated heterocycles. The van der Waals surface area contributed by atoms with Gasteiger partial charge in [-0.3, -0.25) is 8.98 Å². The number of anilines is 2. The number of carbonyl (C=O) groups is 1. The van der Waals surface area contributed by atoms with E-state index in [9.17, 15) is 13.2 Å². The zero-order valence-corrected chi connectivity index (χ0v) is 22.4. The van der Waals surface area contributed by atoms with Gasteiger partial charge in [-0.05, 0) is 47.8 Å². The first-order valence-corrected chi connectivity index (χ1v) is 14.5. The second-order valence-electron chi connectivity index (χ2n) is 8.24. The van der Waals surface area contributed by atoms with Crippen LogP contribution in [0.3, 0.4) is 0 Å². The van der Waals surface area contributed by atoms with Crippen LogP contribution < -0.4 is 15.4 Å². The number of fused-ring (bicyclic) bond motifs is 2. The second kappa shape index (κ2) is 11.0. The third kappa shape index (κ3) is 6.05. The second-order valence-corrected chi connectivity index (χ2v) is 11.2. The highest BCUT2D eigenvalue weighted by Crippen LogP contribution is 2.37. The fourth-order valence-electron chi connectivity index (χ4n) is 3.81. The predicted molar refractivity (Wildman–Crippen MR) is 148 cm³/mol. The van der Waals surface area contributed by atoms with E-state index in [2.05, 4.69) is 24.8 Å². The zero-order chi connectivity index (χ0) is 26.7. The molecule has 0 atom stereocenters. The Morgan fingerprint density at radius 3 is 2.82 bits per heavy atom. The summed E-state index contributed by atoms with van der Waals surface area (Å²) in [4.78, 5) is 20.6. The van der Waals surface area contributed by atoms with E-state index in [4.69, 9.17) is 16.3 Å². The van der Waals surface area contributed by atoms with Crippen LogP contribution in [0.15, 0.2) is 66.4 Å². The minimum Gasteiger partial charge on any atom is -0.455 e. The van der Waals surface area contributed by atoms with E-state index >= 15 is 0 Å². The van der Waals surface area contributed by atoms with Gasteiger partial charge < -0.3 is 19.9 Å². The summed E-state index contributed by atoms with van der Waals surface area (Å²) in [5.41, 5.74) is 2.15. The summed E-state index contributed by atoms with van der Waals surface area (Å²) in [7, 11) is -3.69. The number of aromatic nitrogens is 3. The van der Waals surface area contributed by atoms with Crippen molar-refractivity contribution in [2.45, 2.75) is 6.54 Å². The molecule has 5 rings (SSSR count). The highest BCUT2D eigenvalue weighted by Gasteiger charge is 2.13. The number of rotatable bonds is 10. The number of ether oxygens (including phenoxy) is 1. The lowest BCUT2D eigenvalue weighted by Gasteiger charge is -2.13. The number of hydrogen-bond donors (Lipinski definition) is 2. The number of halogens is 1. The molecule has 0 bridgehead atoms. The van der Waals surface area contributed by atoms with Crippen molar-refractivity contribution < 1.29 is 22.1 Å². The van der Waals surface area contributed by atoms with Gasteiger partial charge in [-0.15, -0.1) is 11.3 Å². The molecule has 1 amide bonds. The molecule has 2 aromatic carbocycles. The van der Waals surface area contributed by atoms with Crippen LogP contribution in [0.25, 0.3) is 21.1 Å². The maximum atomic E-state index is 11.8. The van der Waals surface area contributed by atoms with Gasteiger partial charge >= 0.3 is 0 Å². The van der Waals surface area contributed by atoms with E-state index in [1.165, 1.54) is 6.33 Å². The van der Waals surface area contributed by atoms with Crippen LogP contribution in [0.4, 0.5) is 11.5 Å². The maximum Gasteiger partial charge on any atom is 0.264 e. The van der Waals surface area contributed by atoms with E-state index in [1.54, 1.807) is 23.5 Å². The number of nitrogens with zero attached hydrogens (tertiary/aromatic N) is 3. The smallest absolute Gasteiger partial charge is 0.264 e. The lowest BCUT2D eigenvalue weighted by atomic mass is 10.2. The summed E-state index contributed by atoms with van der Waals surface area (Å²) in [5.74, 6) is 1.28. The lowest BCUT2D eigenvalue weighted by molar-refractivity contribution is -0.123. The molecule has 13 heteroatoms. The van der Waals surface area contributed by atoms with Crippen molar-refractivity contribution >= 4 is 71.6 Å². The number of amides is 1. The summed E-state index contributed by atoms with van der Waals surface area (Å²) < 4.78 is 35.7. The van der Waals surface area contributed by atoms with Gasteiger partial charge in [0.15, 0.2) is 5.82 Å². The monoisotopic (exact) mass is 571 g/mol. The lowest BCUT2D eigenvalue weighted by Crippen LogP contribution is -2.31. The van der Waals surface area contributed by atoms with Gasteiger partial charge in [0.05, 0.1) is 16.8 Å². The quantitative estimate of drug-likeness (QED) is 0.226. The summed E-state index contributed by atoms with van der Waals surface area (Å²) in [5, 5.41) is 9.39. The molecule has 196 valence electrons. The van der Waals surface area contributed by atoms with Crippen molar-refractivity contribution in [1.29, 1.82) is 0 Å². The van der Waals surface area contributed by atoms with Crippen LogP contribution in [0.2, 0.25) is 5.02 Å². The average molecular weight is 572 g/mol. The van der Waals surface area contributed by atoms with Crippen molar-refractivity contribution in [3.63, 3.8) is 0 Å². The Labute approximate surface area is 227 Å². The molecule has 2 N–H and O–H groups in total. The van der Waals surface area contributed by atoms with Gasteiger partial charge in [-0.2, -0.15) is 8.42 Å². The Hall–Kier alpha value is -3.71. The van der Waals surface area contributed by atoms with Crippen molar-refractivity contribution in [2.75, 3.05) is 24.7 Å². The van der Waals surface area contributed by atoms with Gasteiger partial charge in [-0.25, -0.2) is 9.97 Å². The summed E-state index contributed by atoms with van der Waals surface area (Å²) >= 11 is 8.21. The number of thiophene rings is 1. The molecule has 3 aromatic heterocycles. The molecule has 0 fully saturated rings. The van der Waals surface area contributed by atoms with Gasteiger partial charge in [0.2, 0.25) is 5.91 Å². The van der Waals surface area contributed by atoms with Crippen LogP contribution in [-0.4, -0.2) is 48.3 Å². The van der Waals surface area contributed by atoms with Crippen molar-refractivity contribution in [2.24, 2.45) is 0 Å². The molecule has 0 aliphatic heterocycles. The molecule has 3 heterocycles. The summed E-state index contributed by atoms with van der Waals surface area (Å²) in [6.45, 7) is 0.0840. The number of benzene rings is 2. The molecular weight excluding hydrogens is 550 g/mol. The fraction of sp³-hybridized carbons (Fsp3) is 0.160. The molecule has 0 aliphatic carbocycles. The van der Waals surface area contributed by atoms with E-state index in [0.717, 1.165) is 27.6 Å². The summed E-state index contributed by atoms with van der Waals surface area (Å²) in [6.07, 6.45) is 4.18. The van der Waals surface area contributed by atoms with Crippen molar-refractivity contribution in [3.8, 4) is 11.5 Å². The Balaban J connectivity index is 1.29. The van der Waals surface area contributed by atoms with E-state index in [-0.39, 0.29) is 6.54 Å². The van der Waals surface area contributed by atoms with Crippen LogP contribution in [-0.2, 0) is 25.6 Å². The minimum atomic E-state index is -3.69. The molecule has 5 aromatic rings. The van der Waals surface area contributed by atoms with Gasteiger partial charge in [0, 0.05) is 35.1 Å². The zero-order valence-electron chi connectivity index (χ0n) is 20.0. The highest BCUT2D eigenvalue weighted by molar-refractivity contribution is 7.86. The molecule has 0 saturated carbocycles. The Bertz CT molecular complexity index is 1730. The minimum absolute atomic E-state index is 0.249. The molecule has 0 radical (unpaired) electrons. The normalized spacial score (nSPS) is 11.6. The Morgan fingerprint density at radius 1 is 1.13 bits per heavy atom. The molecule has 0 aliphatic rings. The third-order valence-electron chi connectivity index (χ3n) is 5.50. The van der Waals surface area contributed by atoms with Crippen LogP contribution in [0.1, 0.15) is 0 Å². The van der Waals surface area contributed by atoms with Gasteiger partial charge in [0.1, 0.15) is 29.9 Å². The highest BCUT2D eigenvalue weighted by atomic mass is 35.5. The van der Waals surface area contributed by atoms with Crippen molar-refractivity contribution in [1.82, 2.24) is 19.9 Å². The number of hydrogen-bond acceptors (Lipinski definition) is 9. The van der Waals surface area contributed by atoms with Crippen LogP contribution in [0, 0.1) is 0 Å². The number of carbonyl (C=O) groups excluding carboxylic acids is 1. The third-order valence-corrected chi connectivity index (χ3v) is 7.22. The number of nitrogens with one attached hydrogen (secondary N) is 2. The van der Waals surface area contributed by atoms with Crippen LogP contribution in [0.5, 0.6) is 11.5 Å². The van der Waals surface area contributed by atoms with Crippen molar-refractivity contribution in [3.05, 3.63) is 71.5 Å². The first kappa shape index (κ1) is 25.9. The van der Waals surface area contributed by atoms with E-state index in [0.29, 0.717) is 34.3 Å². The standard InChI is InChI=1S/C25H22ClN5O5S2/c1-38(33,34)35-14-23(32)27-9-11-31-10-7-19-24(31)25(29-15-28-19)30-16-5-6-21(18(26)13-16)36-20-3-2-4-22-17(20)8-12-37-22/h2-8,10,12-13,15H,9,11,14H2,1H3,(H,27,32)(H,28,29,30). The maximum absolute atomic E-state index is 11.8. The SMILES string of the molecule is CS(=O)(=O)OCC(=O)NCCn1ccc2ncnc(Nc3ccc(Oc4cccc5sccc45)c(Cl)c3)c21. The Kier molecular flexibility index (Phi) is 7.47. The van der Waals surface area contributed by atoms with E-state index < -0.39 is 22.6 Å². The van der Waals surface area contributed by atoms with Gasteiger partial charge in [-0.1, -0.05) is 17.7 Å². The average Bonchev–Trinajstić information content (AvgIpc) is 3.52. The largest absolute Gasteiger partial charge is 0.455 e.